The number of benzene rings is 1. The summed E-state index contributed by atoms with van der Waals surface area (Å²) < 4.78 is 21.2. The van der Waals surface area contributed by atoms with E-state index >= 15 is 0 Å². The molecule has 0 atom stereocenters. The monoisotopic (exact) mass is 294 g/mol. The van der Waals surface area contributed by atoms with Gasteiger partial charge in [-0.15, -0.1) is 5.10 Å². The normalized spacial score (nSPS) is 10.7. The van der Waals surface area contributed by atoms with Crippen molar-refractivity contribution in [1.29, 1.82) is 0 Å². The molecule has 6 nitrogen and oxygen atoms in total. The molecule has 104 valence electrons. The first-order chi connectivity index (χ1) is 9.70. The van der Waals surface area contributed by atoms with Crippen LogP contribution < -0.4 is 5.43 Å². The molecule has 0 aliphatic carbocycles. The number of nitrogens with zero attached hydrogens (tertiary/aromatic N) is 3. The zero-order valence-electron chi connectivity index (χ0n) is 10.5. The first-order valence-electron chi connectivity index (χ1n) is 5.75. The minimum Gasteiger partial charge on any atom is -0.461 e. The summed E-state index contributed by atoms with van der Waals surface area (Å²) in [6.07, 6.45) is 1.49. The second kappa shape index (κ2) is 6.71. The Labute approximate surface area is 118 Å². The van der Waals surface area contributed by atoms with Crippen molar-refractivity contribution < 1.29 is 13.9 Å². The summed E-state index contributed by atoms with van der Waals surface area (Å²) in [6, 6.07) is 5.83. The molecule has 0 bridgehead atoms. The van der Waals surface area contributed by atoms with Gasteiger partial charge in [0.2, 0.25) is 5.69 Å². The van der Waals surface area contributed by atoms with Gasteiger partial charge in [-0.1, -0.05) is 16.6 Å². The largest absolute Gasteiger partial charge is 0.461 e. The van der Waals surface area contributed by atoms with E-state index in [1.54, 1.807) is 19.1 Å². The number of aromatic nitrogens is 2. The van der Waals surface area contributed by atoms with E-state index in [2.05, 4.69) is 20.1 Å². The number of carbonyl (C=O) groups excluding carboxylic acids is 1. The Morgan fingerprint density at radius 2 is 2.25 bits per heavy atom. The van der Waals surface area contributed by atoms with Crippen molar-refractivity contribution in [2.24, 2.45) is 5.10 Å². The second-order valence-electron chi connectivity index (χ2n) is 3.59. The lowest BCUT2D eigenvalue weighted by Crippen LogP contribution is -2.07. The molecule has 0 aliphatic heterocycles. The molecular weight excluding hydrogens is 283 g/mol. The fourth-order valence-corrected chi connectivity index (χ4v) is 1.82. The average molecular weight is 294 g/mol. The molecule has 0 spiro atoms. The van der Waals surface area contributed by atoms with Crippen molar-refractivity contribution in [3.05, 3.63) is 41.3 Å². The van der Waals surface area contributed by atoms with Crippen molar-refractivity contribution >= 4 is 28.7 Å². The van der Waals surface area contributed by atoms with Gasteiger partial charge in [0.25, 0.3) is 0 Å². The van der Waals surface area contributed by atoms with E-state index in [1.807, 2.05) is 0 Å². The van der Waals surface area contributed by atoms with E-state index in [-0.39, 0.29) is 18.1 Å². The van der Waals surface area contributed by atoms with Crippen molar-refractivity contribution in [3.8, 4) is 0 Å². The number of hydrazone groups is 1. The number of esters is 1. The molecule has 0 fully saturated rings. The number of nitrogens with one attached hydrogen (secondary N) is 1. The van der Waals surface area contributed by atoms with E-state index < -0.39 is 5.97 Å². The van der Waals surface area contributed by atoms with Crippen LogP contribution in [0.3, 0.4) is 0 Å². The van der Waals surface area contributed by atoms with E-state index in [0.29, 0.717) is 10.6 Å². The zero-order chi connectivity index (χ0) is 14.4. The lowest BCUT2D eigenvalue weighted by Gasteiger charge is -2.00. The molecule has 1 aromatic carbocycles. The average Bonchev–Trinajstić information content (AvgIpc) is 2.90. The standard InChI is InChI=1S/C12H11FN4O2S/c1-2-19-12(18)10-11(20-17-15-10)16-14-7-8-3-5-9(13)6-4-8/h3-7,16H,2H2,1H3/b14-7+. The molecule has 0 radical (unpaired) electrons. The molecule has 1 N–H and O–H groups in total. The predicted molar refractivity (Wildman–Crippen MR) is 73.5 cm³/mol. The minimum atomic E-state index is -0.555. The van der Waals surface area contributed by atoms with E-state index in [4.69, 9.17) is 4.74 Å². The summed E-state index contributed by atoms with van der Waals surface area (Å²) in [5.74, 6) is -0.868. The van der Waals surface area contributed by atoms with Gasteiger partial charge in [-0.2, -0.15) is 5.10 Å². The van der Waals surface area contributed by atoms with Crippen molar-refractivity contribution in [1.82, 2.24) is 9.59 Å². The van der Waals surface area contributed by atoms with Crippen LogP contribution in [0.25, 0.3) is 0 Å². The summed E-state index contributed by atoms with van der Waals surface area (Å²) in [7, 11) is 0. The number of hydrogen-bond donors (Lipinski definition) is 1. The van der Waals surface area contributed by atoms with Gasteiger partial charge in [0.05, 0.1) is 12.8 Å². The Balaban J connectivity index is 2.02. The molecular formula is C12H11FN4O2S. The fraction of sp³-hybridized carbons (Fsp3) is 0.167. The third kappa shape index (κ3) is 3.58. The Morgan fingerprint density at radius 3 is 2.95 bits per heavy atom. The number of rotatable bonds is 5. The van der Waals surface area contributed by atoms with Crippen LogP contribution >= 0.6 is 11.5 Å². The van der Waals surface area contributed by atoms with Crippen LogP contribution in [0.5, 0.6) is 0 Å². The molecule has 1 aromatic heterocycles. The summed E-state index contributed by atoms with van der Waals surface area (Å²) in [6.45, 7) is 1.96. The summed E-state index contributed by atoms with van der Waals surface area (Å²) >= 11 is 0.995. The molecule has 0 amide bonds. The number of hydrogen-bond acceptors (Lipinski definition) is 7. The fourth-order valence-electron chi connectivity index (χ4n) is 1.31. The number of halogens is 1. The number of ether oxygens (including phenoxy) is 1. The minimum absolute atomic E-state index is 0.0908. The maximum atomic E-state index is 12.7. The Kier molecular flexibility index (Phi) is 4.72. The summed E-state index contributed by atoms with van der Waals surface area (Å²) in [5, 5.41) is 8.01. The van der Waals surface area contributed by atoms with Crippen LogP contribution in [0.4, 0.5) is 9.39 Å². The number of carbonyl (C=O) groups is 1. The molecule has 8 heteroatoms. The summed E-state index contributed by atoms with van der Waals surface area (Å²) in [5.41, 5.74) is 3.47. The van der Waals surface area contributed by atoms with Crippen LogP contribution in [-0.2, 0) is 4.74 Å². The Bertz CT molecular complexity index is 612. The van der Waals surface area contributed by atoms with Crippen molar-refractivity contribution in [2.75, 3.05) is 12.0 Å². The quantitative estimate of drug-likeness (QED) is 0.520. The van der Waals surface area contributed by atoms with Gasteiger partial charge < -0.3 is 4.74 Å². The maximum Gasteiger partial charge on any atom is 0.362 e. The third-order valence-electron chi connectivity index (χ3n) is 2.21. The van der Waals surface area contributed by atoms with Crippen molar-refractivity contribution in [2.45, 2.75) is 6.92 Å². The van der Waals surface area contributed by atoms with Gasteiger partial charge in [-0.25, -0.2) is 9.18 Å². The highest BCUT2D eigenvalue weighted by molar-refractivity contribution is 7.10. The van der Waals surface area contributed by atoms with E-state index in [1.165, 1.54) is 18.3 Å². The first-order valence-corrected chi connectivity index (χ1v) is 6.52. The highest BCUT2D eigenvalue weighted by atomic mass is 32.1. The van der Waals surface area contributed by atoms with Crippen molar-refractivity contribution in [3.63, 3.8) is 0 Å². The van der Waals surface area contributed by atoms with Crippen LogP contribution in [0.2, 0.25) is 0 Å². The molecule has 0 saturated carbocycles. The summed E-state index contributed by atoms with van der Waals surface area (Å²) in [4.78, 5) is 11.5. The van der Waals surface area contributed by atoms with Gasteiger partial charge in [0.1, 0.15) is 5.82 Å². The van der Waals surface area contributed by atoms with Gasteiger partial charge in [-0.05, 0) is 24.6 Å². The van der Waals surface area contributed by atoms with Crippen LogP contribution in [0.15, 0.2) is 29.4 Å². The van der Waals surface area contributed by atoms with Gasteiger partial charge in [0, 0.05) is 11.5 Å². The maximum absolute atomic E-state index is 12.7. The lowest BCUT2D eigenvalue weighted by molar-refractivity contribution is 0.0520. The van der Waals surface area contributed by atoms with Gasteiger partial charge >= 0.3 is 5.97 Å². The molecule has 2 aromatic rings. The van der Waals surface area contributed by atoms with Crippen LogP contribution in [0, 0.1) is 5.82 Å². The molecule has 2 rings (SSSR count). The zero-order valence-corrected chi connectivity index (χ0v) is 11.4. The third-order valence-corrected chi connectivity index (χ3v) is 2.84. The molecule has 0 saturated heterocycles. The van der Waals surface area contributed by atoms with Gasteiger partial charge in [-0.3, -0.25) is 5.43 Å². The highest BCUT2D eigenvalue weighted by Gasteiger charge is 2.17. The molecule has 0 unspecified atom stereocenters. The van der Waals surface area contributed by atoms with Crippen LogP contribution in [0.1, 0.15) is 23.0 Å². The van der Waals surface area contributed by atoms with E-state index in [0.717, 1.165) is 11.5 Å². The molecule has 0 aliphatic rings. The topological polar surface area (TPSA) is 76.5 Å². The van der Waals surface area contributed by atoms with E-state index in [9.17, 15) is 9.18 Å². The van der Waals surface area contributed by atoms with Gasteiger partial charge in [0.15, 0.2) is 5.00 Å². The first kappa shape index (κ1) is 14.1. The molecule has 20 heavy (non-hydrogen) atoms. The SMILES string of the molecule is CCOC(=O)c1nnsc1N/N=C/c1ccc(F)cc1. The number of anilines is 1. The highest BCUT2D eigenvalue weighted by Crippen LogP contribution is 2.18. The smallest absolute Gasteiger partial charge is 0.362 e. The predicted octanol–water partition coefficient (Wildman–Crippen LogP) is 2.30. The second-order valence-corrected chi connectivity index (χ2v) is 4.35. The molecule has 1 heterocycles. The lowest BCUT2D eigenvalue weighted by atomic mass is 10.2. The Hall–Kier alpha value is -2.35. The Morgan fingerprint density at radius 1 is 1.50 bits per heavy atom. The van der Waals surface area contributed by atoms with Crippen LogP contribution in [-0.4, -0.2) is 28.4 Å².